The summed E-state index contributed by atoms with van der Waals surface area (Å²) < 4.78 is 0. The van der Waals surface area contributed by atoms with Crippen LogP contribution in [-0.2, 0) is 0 Å². The number of hydrogen-bond acceptors (Lipinski definition) is 2. The molecule has 2 N–H and O–H groups in total. The number of rotatable bonds is 6. The molecule has 0 aliphatic heterocycles. The first-order valence-electron chi connectivity index (χ1n) is 4.56. The summed E-state index contributed by atoms with van der Waals surface area (Å²) in [7, 11) is 0. The van der Waals surface area contributed by atoms with Crippen molar-refractivity contribution in [3.8, 4) is 0 Å². The summed E-state index contributed by atoms with van der Waals surface area (Å²) in [6.07, 6.45) is 3.89. The van der Waals surface area contributed by atoms with Crippen LogP contribution in [0.5, 0.6) is 0 Å². The van der Waals surface area contributed by atoms with Gasteiger partial charge in [0.2, 0.25) is 0 Å². The molecule has 0 heterocycles. The number of hydrogen-bond donors (Lipinski definition) is 2. The fraction of sp³-hybridized carbons (Fsp3) is 1.00. The van der Waals surface area contributed by atoms with E-state index in [1.54, 1.807) is 0 Å². The quantitative estimate of drug-likeness (QED) is 0.583. The van der Waals surface area contributed by atoms with Gasteiger partial charge in [0.25, 0.3) is 0 Å². The Morgan fingerprint density at radius 2 is 1.55 bits per heavy atom. The van der Waals surface area contributed by atoms with E-state index in [4.69, 9.17) is 10.2 Å². The van der Waals surface area contributed by atoms with Gasteiger partial charge in [0, 0.05) is 0 Å². The summed E-state index contributed by atoms with van der Waals surface area (Å²) in [5, 5.41) is 17.1. The van der Waals surface area contributed by atoms with Crippen LogP contribution < -0.4 is 0 Å². The SMILES string of the molecule is CCC(CC)CCCC(O)O. The lowest BCUT2D eigenvalue weighted by molar-refractivity contribution is -0.0471. The lowest BCUT2D eigenvalue weighted by atomic mass is 9.97. The summed E-state index contributed by atoms with van der Waals surface area (Å²) in [5.41, 5.74) is 0. The molecule has 0 bridgehead atoms. The van der Waals surface area contributed by atoms with E-state index in [0.717, 1.165) is 18.8 Å². The van der Waals surface area contributed by atoms with E-state index in [1.807, 2.05) is 0 Å². The van der Waals surface area contributed by atoms with Gasteiger partial charge in [-0.1, -0.05) is 33.1 Å². The largest absolute Gasteiger partial charge is 0.368 e. The standard InChI is InChI=1S/C9H20O2/c1-3-8(4-2)6-5-7-9(10)11/h8-11H,3-7H2,1-2H3. The third kappa shape index (κ3) is 6.32. The van der Waals surface area contributed by atoms with Crippen LogP contribution in [0.15, 0.2) is 0 Å². The van der Waals surface area contributed by atoms with Crippen molar-refractivity contribution in [2.45, 2.75) is 52.2 Å². The molecule has 0 spiro atoms. The van der Waals surface area contributed by atoms with Gasteiger partial charge in [-0.3, -0.25) is 0 Å². The van der Waals surface area contributed by atoms with Gasteiger partial charge in [-0.05, 0) is 18.8 Å². The van der Waals surface area contributed by atoms with Crippen LogP contribution in [0.3, 0.4) is 0 Å². The predicted molar refractivity (Wildman–Crippen MR) is 46.1 cm³/mol. The molecule has 11 heavy (non-hydrogen) atoms. The molecule has 0 aromatic carbocycles. The van der Waals surface area contributed by atoms with Crippen molar-refractivity contribution < 1.29 is 10.2 Å². The van der Waals surface area contributed by atoms with Gasteiger partial charge < -0.3 is 10.2 Å². The highest BCUT2D eigenvalue weighted by Gasteiger charge is 2.04. The molecule has 2 nitrogen and oxygen atoms in total. The van der Waals surface area contributed by atoms with E-state index in [-0.39, 0.29) is 0 Å². The minimum Gasteiger partial charge on any atom is -0.368 e. The maximum atomic E-state index is 8.57. The molecular weight excluding hydrogens is 140 g/mol. The Morgan fingerprint density at radius 3 is 1.91 bits per heavy atom. The van der Waals surface area contributed by atoms with E-state index < -0.39 is 6.29 Å². The second kappa shape index (κ2) is 6.62. The first-order chi connectivity index (χ1) is 5.20. The lowest BCUT2D eigenvalue weighted by Crippen LogP contribution is -2.05. The minimum atomic E-state index is -1.11. The molecule has 68 valence electrons. The molecular formula is C9H20O2. The zero-order chi connectivity index (χ0) is 8.69. The topological polar surface area (TPSA) is 40.5 Å². The van der Waals surface area contributed by atoms with E-state index >= 15 is 0 Å². The molecule has 0 aliphatic rings. The van der Waals surface area contributed by atoms with Crippen LogP contribution in [0.25, 0.3) is 0 Å². The van der Waals surface area contributed by atoms with Crippen molar-refractivity contribution in [1.29, 1.82) is 0 Å². The Morgan fingerprint density at radius 1 is 1.00 bits per heavy atom. The summed E-state index contributed by atoms with van der Waals surface area (Å²) in [5.74, 6) is 0.772. The van der Waals surface area contributed by atoms with Crippen LogP contribution in [0.1, 0.15) is 46.0 Å². The van der Waals surface area contributed by atoms with Gasteiger partial charge in [-0.15, -0.1) is 0 Å². The van der Waals surface area contributed by atoms with Crippen LogP contribution in [-0.4, -0.2) is 16.5 Å². The second-order valence-corrected chi connectivity index (χ2v) is 3.09. The molecule has 2 heteroatoms. The molecule has 0 radical (unpaired) electrons. The first-order valence-corrected chi connectivity index (χ1v) is 4.56. The molecule has 0 amide bonds. The van der Waals surface area contributed by atoms with Gasteiger partial charge in [0.1, 0.15) is 0 Å². The predicted octanol–water partition coefficient (Wildman–Crippen LogP) is 1.90. The molecule has 0 rings (SSSR count). The van der Waals surface area contributed by atoms with E-state index in [1.165, 1.54) is 12.8 Å². The van der Waals surface area contributed by atoms with Crippen LogP contribution in [0, 0.1) is 5.92 Å². The maximum Gasteiger partial charge on any atom is 0.151 e. The third-order valence-corrected chi connectivity index (χ3v) is 2.23. The first kappa shape index (κ1) is 10.9. The Labute approximate surface area is 69.2 Å². The summed E-state index contributed by atoms with van der Waals surface area (Å²) in [6, 6.07) is 0. The van der Waals surface area contributed by atoms with Gasteiger partial charge >= 0.3 is 0 Å². The monoisotopic (exact) mass is 160 g/mol. The van der Waals surface area contributed by atoms with Crippen molar-refractivity contribution in [2.24, 2.45) is 5.92 Å². The normalized spacial score (nSPS) is 11.5. The molecule has 0 unspecified atom stereocenters. The molecule has 0 aliphatic carbocycles. The maximum absolute atomic E-state index is 8.57. The van der Waals surface area contributed by atoms with Crippen LogP contribution >= 0.6 is 0 Å². The number of aliphatic hydroxyl groups is 2. The van der Waals surface area contributed by atoms with Gasteiger partial charge in [-0.2, -0.15) is 0 Å². The Balaban J connectivity index is 3.21. The molecule has 0 saturated heterocycles. The van der Waals surface area contributed by atoms with Crippen LogP contribution in [0.4, 0.5) is 0 Å². The van der Waals surface area contributed by atoms with Gasteiger partial charge in [0.15, 0.2) is 6.29 Å². The van der Waals surface area contributed by atoms with Crippen molar-refractivity contribution >= 4 is 0 Å². The zero-order valence-corrected chi connectivity index (χ0v) is 7.58. The third-order valence-electron chi connectivity index (χ3n) is 2.23. The van der Waals surface area contributed by atoms with Crippen molar-refractivity contribution in [3.63, 3.8) is 0 Å². The fourth-order valence-corrected chi connectivity index (χ4v) is 1.29. The van der Waals surface area contributed by atoms with Crippen LogP contribution in [0.2, 0.25) is 0 Å². The minimum absolute atomic E-state index is 0.524. The van der Waals surface area contributed by atoms with E-state index in [0.29, 0.717) is 6.42 Å². The highest BCUT2D eigenvalue weighted by molar-refractivity contribution is 4.55. The highest BCUT2D eigenvalue weighted by Crippen LogP contribution is 2.16. The Kier molecular flexibility index (Phi) is 6.57. The average Bonchev–Trinajstić information content (AvgIpc) is 1.98. The Bertz CT molecular complexity index is 77.6. The van der Waals surface area contributed by atoms with Gasteiger partial charge in [-0.25, -0.2) is 0 Å². The van der Waals surface area contributed by atoms with Crippen molar-refractivity contribution in [3.05, 3.63) is 0 Å². The number of aliphatic hydroxyl groups excluding tert-OH is 1. The van der Waals surface area contributed by atoms with Crippen molar-refractivity contribution in [2.75, 3.05) is 0 Å². The lowest BCUT2D eigenvalue weighted by Gasteiger charge is -2.11. The summed E-state index contributed by atoms with van der Waals surface area (Å²) in [6.45, 7) is 4.37. The van der Waals surface area contributed by atoms with Gasteiger partial charge in [0.05, 0.1) is 0 Å². The van der Waals surface area contributed by atoms with E-state index in [2.05, 4.69) is 13.8 Å². The highest BCUT2D eigenvalue weighted by atomic mass is 16.5. The second-order valence-electron chi connectivity index (χ2n) is 3.09. The van der Waals surface area contributed by atoms with Crippen molar-refractivity contribution in [1.82, 2.24) is 0 Å². The molecule has 0 saturated carbocycles. The molecule has 0 aromatic rings. The average molecular weight is 160 g/mol. The van der Waals surface area contributed by atoms with E-state index in [9.17, 15) is 0 Å². The Hall–Kier alpha value is -0.0800. The molecule has 0 fully saturated rings. The summed E-state index contributed by atoms with van der Waals surface area (Å²) >= 11 is 0. The fourth-order valence-electron chi connectivity index (χ4n) is 1.29. The molecule has 0 atom stereocenters. The molecule has 0 aromatic heterocycles. The smallest absolute Gasteiger partial charge is 0.151 e. The summed E-state index contributed by atoms with van der Waals surface area (Å²) in [4.78, 5) is 0. The zero-order valence-electron chi connectivity index (χ0n) is 7.58.